The van der Waals surface area contributed by atoms with Gasteiger partial charge in [-0.15, -0.1) is 11.3 Å². The number of carboxylic acids is 1. The molecular formula is C11H16N2O3S. The maximum absolute atomic E-state index is 11.6. The van der Waals surface area contributed by atoms with Gasteiger partial charge in [0.25, 0.3) is 5.91 Å². The number of carbonyl (C=O) groups excluding carboxylic acids is 1. The van der Waals surface area contributed by atoms with Crippen molar-refractivity contribution < 1.29 is 14.7 Å². The van der Waals surface area contributed by atoms with Crippen molar-refractivity contribution in [1.29, 1.82) is 0 Å². The third-order valence-electron chi connectivity index (χ3n) is 2.08. The van der Waals surface area contributed by atoms with Gasteiger partial charge in [0.05, 0.1) is 0 Å². The smallest absolute Gasteiger partial charge is 0.355 e. The van der Waals surface area contributed by atoms with E-state index in [9.17, 15) is 9.59 Å². The summed E-state index contributed by atoms with van der Waals surface area (Å²) < 4.78 is 0. The fraction of sp³-hybridized carbons (Fsp3) is 0.545. The van der Waals surface area contributed by atoms with Crippen LogP contribution >= 0.6 is 11.3 Å². The van der Waals surface area contributed by atoms with Gasteiger partial charge in [-0.1, -0.05) is 20.8 Å². The van der Waals surface area contributed by atoms with Crippen molar-refractivity contribution in [2.75, 3.05) is 6.54 Å². The van der Waals surface area contributed by atoms with E-state index < -0.39 is 5.97 Å². The van der Waals surface area contributed by atoms with E-state index in [4.69, 9.17) is 5.11 Å². The maximum atomic E-state index is 11.6. The first kappa shape index (κ1) is 13.6. The van der Waals surface area contributed by atoms with Gasteiger partial charge in [0.15, 0.2) is 10.7 Å². The van der Waals surface area contributed by atoms with Crippen molar-refractivity contribution in [3.8, 4) is 0 Å². The van der Waals surface area contributed by atoms with Crippen LogP contribution in [-0.2, 0) is 0 Å². The Morgan fingerprint density at radius 1 is 1.47 bits per heavy atom. The molecule has 6 heteroatoms. The maximum Gasteiger partial charge on any atom is 0.355 e. The quantitative estimate of drug-likeness (QED) is 0.863. The Bertz CT molecular complexity index is 421. The molecule has 0 bridgehead atoms. The molecule has 94 valence electrons. The van der Waals surface area contributed by atoms with Crippen LogP contribution in [0.5, 0.6) is 0 Å². The molecule has 0 aliphatic rings. The van der Waals surface area contributed by atoms with E-state index in [1.807, 2.05) is 0 Å². The highest BCUT2D eigenvalue weighted by Gasteiger charge is 2.15. The molecule has 17 heavy (non-hydrogen) atoms. The molecule has 0 aromatic carbocycles. The number of hydrogen-bond donors (Lipinski definition) is 2. The van der Waals surface area contributed by atoms with Crippen LogP contribution < -0.4 is 5.32 Å². The Hall–Kier alpha value is -1.43. The van der Waals surface area contributed by atoms with Crippen molar-refractivity contribution in [2.45, 2.75) is 27.2 Å². The van der Waals surface area contributed by atoms with Gasteiger partial charge in [-0.2, -0.15) is 0 Å². The van der Waals surface area contributed by atoms with Crippen LogP contribution in [0.4, 0.5) is 0 Å². The van der Waals surface area contributed by atoms with Gasteiger partial charge in [-0.05, 0) is 11.8 Å². The number of rotatable bonds is 4. The van der Waals surface area contributed by atoms with Crippen molar-refractivity contribution in [1.82, 2.24) is 10.3 Å². The minimum absolute atomic E-state index is 0.0871. The molecule has 1 aromatic heterocycles. The standard InChI is InChI=1S/C11H16N2O3S/c1-11(2,3)4-5-12-8(14)9-13-7(6-17-9)10(15)16/h6H,4-5H2,1-3H3,(H,12,14)(H,15,16). The summed E-state index contributed by atoms with van der Waals surface area (Å²) in [6, 6.07) is 0. The fourth-order valence-corrected chi connectivity index (χ4v) is 1.81. The Kier molecular flexibility index (Phi) is 4.22. The molecule has 0 saturated carbocycles. The molecule has 1 aromatic rings. The molecule has 5 nitrogen and oxygen atoms in total. The number of carbonyl (C=O) groups is 2. The van der Waals surface area contributed by atoms with Crippen LogP contribution in [0, 0.1) is 5.41 Å². The second-order valence-corrected chi connectivity index (χ2v) is 5.77. The van der Waals surface area contributed by atoms with E-state index in [2.05, 4.69) is 31.1 Å². The van der Waals surface area contributed by atoms with Gasteiger partial charge in [-0.3, -0.25) is 4.79 Å². The number of carboxylic acid groups (broad SMARTS) is 1. The summed E-state index contributed by atoms with van der Waals surface area (Å²) in [5.41, 5.74) is 0.0681. The minimum atomic E-state index is -1.12. The molecule has 1 heterocycles. The number of nitrogens with zero attached hydrogens (tertiary/aromatic N) is 1. The lowest BCUT2D eigenvalue weighted by Gasteiger charge is -2.17. The van der Waals surface area contributed by atoms with E-state index in [0.29, 0.717) is 6.54 Å². The first-order chi connectivity index (χ1) is 7.79. The molecular weight excluding hydrogens is 240 g/mol. The lowest BCUT2D eigenvalue weighted by Crippen LogP contribution is -2.27. The predicted octanol–water partition coefficient (Wildman–Crippen LogP) is 2.01. The van der Waals surface area contributed by atoms with Crippen LogP contribution in [-0.4, -0.2) is 28.5 Å². The largest absolute Gasteiger partial charge is 0.476 e. The normalized spacial score (nSPS) is 11.2. The first-order valence-corrected chi connectivity index (χ1v) is 6.14. The summed E-state index contributed by atoms with van der Waals surface area (Å²) in [6.07, 6.45) is 0.857. The van der Waals surface area contributed by atoms with Gasteiger partial charge in [0.1, 0.15) is 0 Å². The van der Waals surface area contributed by atoms with E-state index in [1.165, 1.54) is 5.38 Å². The number of thiazole rings is 1. The zero-order valence-corrected chi connectivity index (χ0v) is 10.9. The van der Waals surface area contributed by atoms with Gasteiger partial charge >= 0.3 is 5.97 Å². The summed E-state index contributed by atoms with van der Waals surface area (Å²) in [7, 11) is 0. The van der Waals surface area contributed by atoms with E-state index in [0.717, 1.165) is 17.8 Å². The molecule has 2 N–H and O–H groups in total. The van der Waals surface area contributed by atoms with E-state index in [1.54, 1.807) is 0 Å². The van der Waals surface area contributed by atoms with Gasteiger partial charge in [-0.25, -0.2) is 9.78 Å². The molecule has 0 atom stereocenters. The molecule has 0 spiro atoms. The monoisotopic (exact) mass is 256 g/mol. The van der Waals surface area contributed by atoms with E-state index in [-0.39, 0.29) is 22.0 Å². The average molecular weight is 256 g/mol. The summed E-state index contributed by atoms with van der Waals surface area (Å²) >= 11 is 1.04. The topological polar surface area (TPSA) is 79.3 Å². The molecule has 0 aliphatic carbocycles. The minimum Gasteiger partial charge on any atom is -0.476 e. The third kappa shape index (κ3) is 4.52. The summed E-state index contributed by atoms with van der Waals surface area (Å²) in [5, 5.41) is 13.0. The Morgan fingerprint density at radius 3 is 2.59 bits per heavy atom. The lowest BCUT2D eigenvalue weighted by atomic mass is 9.92. The van der Waals surface area contributed by atoms with Crippen molar-refractivity contribution in [3.63, 3.8) is 0 Å². The van der Waals surface area contributed by atoms with Crippen LogP contribution in [0.2, 0.25) is 0 Å². The Morgan fingerprint density at radius 2 is 2.12 bits per heavy atom. The number of hydrogen-bond acceptors (Lipinski definition) is 4. The SMILES string of the molecule is CC(C)(C)CCNC(=O)c1nc(C(=O)O)cs1. The summed E-state index contributed by atoms with van der Waals surface area (Å²) in [6.45, 7) is 6.82. The highest BCUT2D eigenvalue weighted by atomic mass is 32.1. The van der Waals surface area contributed by atoms with Crippen LogP contribution in [0.3, 0.4) is 0 Å². The average Bonchev–Trinajstić information content (AvgIpc) is 2.63. The Labute approximate surface area is 104 Å². The van der Waals surface area contributed by atoms with Gasteiger partial charge in [0.2, 0.25) is 0 Å². The predicted molar refractivity (Wildman–Crippen MR) is 65.5 cm³/mol. The highest BCUT2D eigenvalue weighted by molar-refractivity contribution is 7.11. The highest BCUT2D eigenvalue weighted by Crippen LogP contribution is 2.17. The summed E-state index contributed by atoms with van der Waals surface area (Å²) in [4.78, 5) is 25.9. The number of aromatic carboxylic acids is 1. The summed E-state index contributed by atoms with van der Waals surface area (Å²) in [5.74, 6) is -1.43. The second-order valence-electron chi connectivity index (χ2n) is 4.91. The number of amides is 1. The first-order valence-electron chi connectivity index (χ1n) is 5.26. The molecule has 1 amide bonds. The van der Waals surface area contributed by atoms with Crippen molar-refractivity contribution in [2.24, 2.45) is 5.41 Å². The van der Waals surface area contributed by atoms with Crippen molar-refractivity contribution >= 4 is 23.2 Å². The molecule has 0 unspecified atom stereocenters. The second kappa shape index (κ2) is 5.27. The fourth-order valence-electron chi connectivity index (χ4n) is 1.10. The lowest BCUT2D eigenvalue weighted by molar-refractivity contribution is 0.0691. The number of nitrogens with one attached hydrogen (secondary N) is 1. The zero-order chi connectivity index (χ0) is 13.1. The van der Waals surface area contributed by atoms with Crippen LogP contribution in [0.15, 0.2) is 5.38 Å². The molecule has 1 rings (SSSR count). The Balaban J connectivity index is 2.50. The number of aromatic nitrogens is 1. The third-order valence-corrected chi connectivity index (χ3v) is 2.92. The van der Waals surface area contributed by atoms with E-state index >= 15 is 0 Å². The van der Waals surface area contributed by atoms with Gasteiger partial charge < -0.3 is 10.4 Å². The molecule has 0 saturated heterocycles. The molecule has 0 radical (unpaired) electrons. The van der Waals surface area contributed by atoms with Gasteiger partial charge in [0, 0.05) is 11.9 Å². The van der Waals surface area contributed by atoms with Crippen molar-refractivity contribution in [3.05, 3.63) is 16.1 Å². The molecule has 0 fully saturated rings. The van der Waals surface area contributed by atoms with Crippen LogP contribution in [0.25, 0.3) is 0 Å². The molecule has 0 aliphatic heterocycles. The van der Waals surface area contributed by atoms with Crippen LogP contribution in [0.1, 0.15) is 47.5 Å². The zero-order valence-electron chi connectivity index (χ0n) is 10.1.